The maximum atomic E-state index is 11.9. The number of carbonyl (C=O) groups excluding carboxylic acids is 1. The van der Waals surface area contributed by atoms with Gasteiger partial charge in [-0.05, 0) is 36.6 Å². The van der Waals surface area contributed by atoms with E-state index in [9.17, 15) is 4.79 Å². The minimum Gasteiger partial charge on any atom is -0.494 e. The molecule has 0 radical (unpaired) electrons. The second kappa shape index (κ2) is 6.73. The zero-order valence-corrected chi connectivity index (χ0v) is 12.9. The standard InChI is InChI=1S/C14H14BrNO2S/c1-2-18-13-4-3-12(7-11(13)8-15)16-14(17)10-5-6-19-9-10/h3-7,9H,2,8H2,1H3,(H,16,17). The Morgan fingerprint density at radius 1 is 1.42 bits per heavy atom. The van der Waals surface area contributed by atoms with E-state index in [1.54, 1.807) is 6.07 Å². The van der Waals surface area contributed by atoms with Crippen LogP contribution in [0.1, 0.15) is 22.8 Å². The van der Waals surface area contributed by atoms with Crippen LogP contribution in [0.2, 0.25) is 0 Å². The van der Waals surface area contributed by atoms with Crippen LogP contribution in [-0.2, 0) is 5.33 Å². The second-order valence-electron chi connectivity index (χ2n) is 3.86. The number of halogens is 1. The van der Waals surface area contributed by atoms with Gasteiger partial charge in [-0.15, -0.1) is 0 Å². The molecule has 0 bridgehead atoms. The molecule has 1 N–H and O–H groups in total. The maximum Gasteiger partial charge on any atom is 0.256 e. The Labute approximate surface area is 124 Å². The van der Waals surface area contributed by atoms with Crippen molar-refractivity contribution in [2.75, 3.05) is 11.9 Å². The van der Waals surface area contributed by atoms with Crippen LogP contribution < -0.4 is 10.1 Å². The number of nitrogens with one attached hydrogen (secondary N) is 1. The van der Waals surface area contributed by atoms with E-state index < -0.39 is 0 Å². The third-order valence-corrected chi connectivity index (χ3v) is 3.83. The lowest BCUT2D eigenvalue weighted by atomic mass is 10.2. The van der Waals surface area contributed by atoms with Crippen molar-refractivity contribution in [3.8, 4) is 5.75 Å². The summed E-state index contributed by atoms with van der Waals surface area (Å²) in [6.07, 6.45) is 0. The fourth-order valence-corrected chi connectivity index (χ4v) is 2.73. The van der Waals surface area contributed by atoms with Crippen LogP contribution in [-0.4, -0.2) is 12.5 Å². The second-order valence-corrected chi connectivity index (χ2v) is 5.20. The largest absolute Gasteiger partial charge is 0.494 e. The lowest BCUT2D eigenvalue weighted by molar-refractivity contribution is 0.102. The summed E-state index contributed by atoms with van der Waals surface area (Å²) < 4.78 is 5.52. The van der Waals surface area contributed by atoms with Gasteiger partial charge in [0.25, 0.3) is 5.91 Å². The summed E-state index contributed by atoms with van der Waals surface area (Å²) in [5.41, 5.74) is 2.47. The smallest absolute Gasteiger partial charge is 0.256 e. The van der Waals surface area contributed by atoms with Crippen LogP contribution in [0, 0.1) is 0 Å². The molecule has 0 saturated carbocycles. The zero-order valence-electron chi connectivity index (χ0n) is 10.5. The summed E-state index contributed by atoms with van der Waals surface area (Å²) >= 11 is 4.93. The van der Waals surface area contributed by atoms with E-state index in [1.165, 1.54) is 11.3 Å². The van der Waals surface area contributed by atoms with Crippen LogP contribution >= 0.6 is 27.3 Å². The van der Waals surface area contributed by atoms with Crippen molar-refractivity contribution in [2.45, 2.75) is 12.3 Å². The van der Waals surface area contributed by atoms with Crippen molar-refractivity contribution < 1.29 is 9.53 Å². The van der Waals surface area contributed by atoms with Crippen LogP contribution in [0.3, 0.4) is 0 Å². The summed E-state index contributed by atoms with van der Waals surface area (Å²) in [5.74, 6) is 0.749. The van der Waals surface area contributed by atoms with Crippen LogP contribution in [0.25, 0.3) is 0 Å². The number of ether oxygens (including phenoxy) is 1. The molecule has 5 heteroatoms. The molecule has 0 spiro atoms. The Hall–Kier alpha value is -1.33. The number of hydrogen-bond donors (Lipinski definition) is 1. The summed E-state index contributed by atoms with van der Waals surface area (Å²) in [5, 5.41) is 7.28. The molecule has 1 aromatic carbocycles. The van der Waals surface area contributed by atoms with Gasteiger partial charge in [0.1, 0.15) is 5.75 Å². The molecule has 0 aliphatic heterocycles. The molecule has 0 saturated heterocycles. The average Bonchev–Trinajstić information content (AvgIpc) is 2.94. The number of hydrogen-bond acceptors (Lipinski definition) is 3. The van der Waals surface area contributed by atoms with Gasteiger partial charge in [-0.3, -0.25) is 4.79 Å². The summed E-state index contributed by atoms with van der Waals surface area (Å²) in [7, 11) is 0. The highest BCUT2D eigenvalue weighted by atomic mass is 79.9. The number of amides is 1. The third-order valence-electron chi connectivity index (χ3n) is 2.55. The van der Waals surface area contributed by atoms with E-state index in [4.69, 9.17) is 4.74 Å². The number of alkyl halides is 1. The molecule has 1 amide bonds. The SMILES string of the molecule is CCOc1ccc(NC(=O)c2ccsc2)cc1CBr. The van der Waals surface area contributed by atoms with Crippen molar-refractivity contribution in [1.29, 1.82) is 0 Å². The van der Waals surface area contributed by atoms with Gasteiger partial charge >= 0.3 is 0 Å². The highest BCUT2D eigenvalue weighted by Gasteiger charge is 2.08. The monoisotopic (exact) mass is 339 g/mol. The Morgan fingerprint density at radius 3 is 2.89 bits per heavy atom. The molecule has 0 unspecified atom stereocenters. The number of anilines is 1. The first-order valence-electron chi connectivity index (χ1n) is 5.89. The fourth-order valence-electron chi connectivity index (χ4n) is 1.65. The van der Waals surface area contributed by atoms with E-state index in [-0.39, 0.29) is 5.91 Å². The Bertz CT molecular complexity index is 555. The van der Waals surface area contributed by atoms with Gasteiger partial charge in [-0.1, -0.05) is 15.9 Å². The van der Waals surface area contributed by atoms with Gasteiger partial charge in [0.15, 0.2) is 0 Å². The highest BCUT2D eigenvalue weighted by Crippen LogP contribution is 2.25. The Morgan fingerprint density at radius 2 is 2.26 bits per heavy atom. The van der Waals surface area contributed by atoms with Gasteiger partial charge in [0.2, 0.25) is 0 Å². The fraction of sp³-hybridized carbons (Fsp3) is 0.214. The first kappa shape index (κ1) is 14.1. The first-order chi connectivity index (χ1) is 9.24. The molecule has 100 valence electrons. The molecule has 1 heterocycles. The van der Waals surface area contributed by atoms with E-state index in [1.807, 2.05) is 35.9 Å². The predicted octanol–water partition coefficient (Wildman–Crippen LogP) is 4.29. The van der Waals surface area contributed by atoms with E-state index >= 15 is 0 Å². The lowest BCUT2D eigenvalue weighted by Crippen LogP contribution is -2.11. The van der Waals surface area contributed by atoms with Gasteiger partial charge in [-0.25, -0.2) is 0 Å². The molecule has 2 rings (SSSR count). The van der Waals surface area contributed by atoms with Gasteiger partial charge in [-0.2, -0.15) is 11.3 Å². The Balaban J connectivity index is 2.15. The van der Waals surface area contributed by atoms with Crippen LogP contribution in [0.4, 0.5) is 5.69 Å². The molecule has 3 nitrogen and oxygen atoms in total. The van der Waals surface area contributed by atoms with E-state index in [0.717, 1.165) is 17.0 Å². The maximum absolute atomic E-state index is 11.9. The molecular weight excluding hydrogens is 326 g/mol. The van der Waals surface area contributed by atoms with Gasteiger partial charge in [0.05, 0.1) is 12.2 Å². The summed E-state index contributed by atoms with van der Waals surface area (Å²) in [4.78, 5) is 11.9. The minimum absolute atomic E-state index is 0.0917. The quantitative estimate of drug-likeness (QED) is 0.825. The van der Waals surface area contributed by atoms with Crippen molar-refractivity contribution in [3.05, 3.63) is 46.2 Å². The van der Waals surface area contributed by atoms with Crippen LogP contribution in [0.5, 0.6) is 5.75 Å². The normalized spacial score (nSPS) is 10.2. The first-order valence-corrected chi connectivity index (χ1v) is 7.96. The predicted molar refractivity (Wildman–Crippen MR) is 82.5 cm³/mol. The van der Waals surface area contributed by atoms with Gasteiger partial charge in [0, 0.05) is 22.0 Å². The molecule has 0 fully saturated rings. The molecule has 0 aliphatic rings. The molecule has 19 heavy (non-hydrogen) atoms. The van der Waals surface area contributed by atoms with Crippen molar-refractivity contribution in [2.24, 2.45) is 0 Å². The third kappa shape index (κ3) is 3.58. The highest BCUT2D eigenvalue weighted by molar-refractivity contribution is 9.08. The Kier molecular flexibility index (Phi) is 4.99. The average molecular weight is 340 g/mol. The number of rotatable bonds is 5. The van der Waals surface area contributed by atoms with Crippen molar-refractivity contribution in [1.82, 2.24) is 0 Å². The number of benzene rings is 1. The van der Waals surface area contributed by atoms with Crippen molar-refractivity contribution in [3.63, 3.8) is 0 Å². The van der Waals surface area contributed by atoms with E-state index in [0.29, 0.717) is 17.5 Å². The molecule has 0 atom stereocenters. The topological polar surface area (TPSA) is 38.3 Å². The minimum atomic E-state index is -0.0917. The molecule has 1 aromatic heterocycles. The van der Waals surface area contributed by atoms with E-state index in [2.05, 4.69) is 21.2 Å². The van der Waals surface area contributed by atoms with Crippen LogP contribution in [0.15, 0.2) is 35.0 Å². The van der Waals surface area contributed by atoms with Crippen molar-refractivity contribution >= 4 is 38.9 Å². The zero-order chi connectivity index (χ0) is 13.7. The molecular formula is C14H14BrNO2S. The lowest BCUT2D eigenvalue weighted by Gasteiger charge is -2.11. The summed E-state index contributed by atoms with van der Waals surface area (Å²) in [6.45, 7) is 2.57. The number of carbonyl (C=O) groups is 1. The van der Waals surface area contributed by atoms with Gasteiger partial charge < -0.3 is 10.1 Å². The molecule has 2 aromatic rings. The summed E-state index contributed by atoms with van der Waals surface area (Å²) in [6, 6.07) is 7.45. The molecule has 0 aliphatic carbocycles. The number of thiophene rings is 1.